The van der Waals surface area contributed by atoms with Gasteiger partial charge in [-0.3, -0.25) is 23.3 Å². The van der Waals surface area contributed by atoms with E-state index in [-0.39, 0.29) is 41.7 Å². The smallest absolute Gasteiger partial charge is 0.332 e. The first kappa shape index (κ1) is 27.7. The first-order valence-corrected chi connectivity index (χ1v) is 15.8. The molecule has 13 heteroatoms. The van der Waals surface area contributed by atoms with Gasteiger partial charge in [0.1, 0.15) is 15.7 Å². The van der Waals surface area contributed by atoms with Crippen LogP contribution in [0.5, 0.6) is 0 Å². The van der Waals surface area contributed by atoms with E-state index in [1.165, 1.54) is 4.57 Å². The number of aromatic nitrogens is 4. The predicted molar refractivity (Wildman–Crippen MR) is 157 cm³/mol. The van der Waals surface area contributed by atoms with Crippen molar-refractivity contribution in [1.29, 1.82) is 0 Å². The number of hydrogen-bond acceptors (Lipinski definition) is 6. The monoisotopic (exact) mass is 615 g/mol. The first-order chi connectivity index (χ1) is 19.5. The Hall–Kier alpha value is -3.41. The standard InChI is InChI=1S/C28H27Cl2N5O5S/c29-18-5-7-19(8-6-18)35-22-24(32-23(35)20-3-1-2-4-21(20)30)33(15-17-9-13-41(39,40)14-10-17)27(38)34(25(22)36)16-28(11-12-28)26(31)37/h1-8,17H,9-16H2,(H2,31,37). The minimum atomic E-state index is -3.12. The van der Waals surface area contributed by atoms with Gasteiger partial charge in [0.15, 0.2) is 11.2 Å². The van der Waals surface area contributed by atoms with Gasteiger partial charge in [-0.25, -0.2) is 18.2 Å². The Kier molecular flexibility index (Phi) is 6.87. The number of hydrogen-bond donors (Lipinski definition) is 1. The van der Waals surface area contributed by atoms with E-state index in [1.54, 1.807) is 53.1 Å². The number of carbonyl (C=O) groups excluding carboxylic acids is 1. The summed E-state index contributed by atoms with van der Waals surface area (Å²) in [4.78, 5) is 45.3. The predicted octanol–water partition coefficient (Wildman–Crippen LogP) is 3.41. The number of amides is 1. The molecule has 3 heterocycles. The van der Waals surface area contributed by atoms with Gasteiger partial charge in [0.05, 0.1) is 21.9 Å². The molecule has 1 saturated heterocycles. The summed E-state index contributed by atoms with van der Waals surface area (Å²) in [6.07, 6.45) is 1.73. The van der Waals surface area contributed by atoms with Crippen LogP contribution in [-0.2, 0) is 27.7 Å². The summed E-state index contributed by atoms with van der Waals surface area (Å²) in [5, 5.41) is 0.895. The van der Waals surface area contributed by atoms with Crippen molar-refractivity contribution in [2.24, 2.45) is 17.1 Å². The molecule has 214 valence electrons. The number of imidazole rings is 1. The molecule has 0 unspecified atom stereocenters. The maximum Gasteiger partial charge on any atom is 0.332 e. The topological polar surface area (TPSA) is 139 Å². The second-order valence-corrected chi connectivity index (χ2v) is 14.1. The van der Waals surface area contributed by atoms with Crippen molar-refractivity contribution in [1.82, 2.24) is 18.7 Å². The molecular weight excluding hydrogens is 589 g/mol. The lowest BCUT2D eigenvalue weighted by molar-refractivity contribution is -0.123. The van der Waals surface area contributed by atoms with E-state index in [4.69, 9.17) is 33.9 Å². The van der Waals surface area contributed by atoms with Crippen LogP contribution in [0.25, 0.3) is 28.2 Å². The molecule has 0 spiro atoms. The minimum absolute atomic E-state index is 0.0318. The highest BCUT2D eigenvalue weighted by Gasteiger charge is 2.49. The molecule has 1 saturated carbocycles. The van der Waals surface area contributed by atoms with Gasteiger partial charge < -0.3 is 5.73 Å². The first-order valence-electron chi connectivity index (χ1n) is 13.3. The minimum Gasteiger partial charge on any atom is -0.369 e. The second kappa shape index (κ2) is 10.1. The molecule has 4 aromatic rings. The SMILES string of the molecule is NC(=O)C1(Cn2c(=O)c3c(nc(-c4ccccc4Cl)n3-c3ccc(Cl)cc3)n(CC3CCS(=O)(=O)CC3)c2=O)CC1. The molecule has 0 radical (unpaired) electrons. The molecule has 1 aliphatic heterocycles. The molecule has 0 atom stereocenters. The van der Waals surface area contributed by atoms with Gasteiger partial charge in [0.2, 0.25) is 5.91 Å². The highest BCUT2D eigenvalue weighted by molar-refractivity contribution is 7.91. The van der Waals surface area contributed by atoms with Crippen LogP contribution in [0.1, 0.15) is 25.7 Å². The van der Waals surface area contributed by atoms with Gasteiger partial charge in [0.25, 0.3) is 5.56 Å². The fourth-order valence-electron chi connectivity index (χ4n) is 5.52. The van der Waals surface area contributed by atoms with Crippen molar-refractivity contribution < 1.29 is 13.2 Å². The molecule has 41 heavy (non-hydrogen) atoms. The Morgan fingerprint density at radius 2 is 1.66 bits per heavy atom. The number of primary amides is 1. The summed E-state index contributed by atoms with van der Waals surface area (Å²) in [7, 11) is -3.12. The van der Waals surface area contributed by atoms with Crippen molar-refractivity contribution in [2.45, 2.75) is 38.8 Å². The number of sulfone groups is 1. The summed E-state index contributed by atoms with van der Waals surface area (Å²) in [6, 6.07) is 13.9. The zero-order valence-corrected chi connectivity index (χ0v) is 24.3. The average molecular weight is 617 g/mol. The van der Waals surface area contributed by atoms with Gasteiger partial charge in [-0.1, -0.05) is 35.3 Å². The van der Waals surface area contributed by atoms with Crippen LogP contribution in [0.15, 0.2) is 58.1 Å². The van der Waals surface area contributed by atoms with Crippen LogP contribution in [-0.4, -0.2) is 44.5 Å². The summed E-state index contributed by atoms with van der Waals surface area (Å²) < 4.78 is 28.3. The maximum absolute atomic E-state index is 14.2. The Morgan fingerprint density at radius 1 is 1.00 bits per heavy atom. The lowest BCUT2D eigenvalue weighted by Crippen LogP contribution is -2.45. The second-order valence-electron chi connectivity index (χ2n) is 10.9. The summed E-state index contributed by atoms with van der Waals surface area (Å²) in [5.74, 6) is -0.274. The number of rotatable bonds is 7. The Bertz CT molecular complexity index is 1910. The van der Waals surface area contributed by atoms with Crippen molar-refractivity contribution >= 4 is 50.1 Å². The van der Waals surface area contributed by atoms with Crippen LogP contribution >= 0.6 is 23.2 Å². The lowest BCUT2D eigenvalue weighted by atomic mass is 10.0. The van der Waals surface area contributed by atoms with Crippen molar-refractivity contribution in [3.8, 4) is 17.1 Å². The summed E-state index contributed by atoms with van der Waals surface area (Å²) in [6.45, 7) is 0.0104. The van der Waals surface area contributed by atoms with Gasteiger partial charge in [-0.2, -0.15) is 0 Å². The Labute approximate surface area is 245 Å². The molecule has 10 nitrogen and oxygen atoms in total. The van der Waals surface area contributed by atoms with Crippen molar-refractivity contribution in [2.75, 3.05) is 11.5 Å². The van der Waals surface area contributed by atoms with E-state index >= 15 is 0 Å². The molecule has 2 aromatic carbocycles. The fourth-order valence-corrected chi connectivity index (χ4v) is 7.46. The summed E-state index contributed by atoms with van der Waals surface area (Å²) >= 11 is 12.8. The number of carbonyl (C=O) groups is 1. The number of fused-ring (bicyclic) bond motifs is 1. The maximum atomic E-state index is 14.2. The van der Waals surface area contributed by atoms with E-state index in [1.807, 2.05) is 0 Å². The van der Waals surface area contributed by atoms with Crippen LogP contribution in [0.4, 0.5) is 0 Å². The van der Waals surface area contributed by atoms with Gasteiger partial charge in [-0.05, 0) is 68.0 Å². The third-order valence-electron chi connectivity index (χ3n) is 8.18. The van der Waals surface area contributed by atoms with E-state index in [9.17, 15) is 22.8 Å². The summed E-state index contributed by atoms with van der Waals surface area (Å²) in [5.41, 5.74) is 4.88. The third kappa shape index (κ3) is 5.00. The van der Waals surface area contributed by atoms with E-state index in [0.29, 0.717) is 52.8 Å². The van der Waals surface area contributed by atoms with Crippen LogP contribution in [0.3, 0.4) is 0 Å². The lowest BCUT2D eigenvalue weighted by Gasteiger charge is -2.23. The van der Waals surface area contributed by atoms with Gasteiger partial charge >= 0.3 is 5.69 Å². The molecule has 1 aliphatic carbocycles. The quantitative estimate of drug-likeness (QED) is 0.338. The normalized spacial score (nSPS) is 18.0. The highest BCUT2D eigenvalue weighted by atomic mass is 35.5. The molecule has 2 aliphatic rings. The number of nitrogens with two attached hydrogens (primary N) is 1. The number of nitrogens with zero attached hydrogens (tertiary/aromatic N) is 4. The van der Waals surface area contributed by atoms with E-state index in [0.717, 1.165) is 4.57 Å². The third-order valence-corrected chi connectivity index (χ3v) is 10.5. The number of benzene rings is 2. The van der Waals surface area contributed by atoms with Crippen LogP contribution < -0.4 is 17.0 Å². The highest BCUT2D eigenvalue weighted by Crippen LogP contribution is 2.46. The molecular formula is C28H27Cl2N5O5S. The van der Waals surface area contributed by atoms with Gasteiger partial charge in [0, 0.05) is 29.4 Å². The largest absolute Gasteiger partial charge is 0.369 e. The molecule has 2 fully saturated rings. The average Bonchev–Trinajstić information content (AvgIpc) is 3.63. The zero-order valence-electron chi connectivity index (χ0n) is 21.9. The molecule has 0 bridgehead atoms. The van der Waals surface area contributed by atoms with Gasteiger partial charge in [-0.15, -0.1) is 0 Å². The molecule has 1 amide bonds. The molecule has 2 N–H and O–H groups in total. The Balaban J connectivity index is 1.65. The number of halogens is 2. The van der Waals surface area contributed by atoms with E-state index < -0.39 is 32.4 Å². The fraction of sp³-hybridized carbons (Fsp3) is 0.357. The van der Waals surface area contributed by atoms with Crippen molar-refractivity contribution in [3.63, 3.8) is 0 Å². The van der Waals surface area contributed by atoms with Crippen LogP contribution in [0.2, 0.25) is 10.0 Å². The van der Waals surface area contributed by atoms with Crippen molar-refractivity contribution in [3.05, 3.63) is 79.4 Å². The van der Waals surface area contributed by atoms with E-state index in [2.05, 4.69) is 0 Å². The van der Waals surface area contributed by atoms with Crippen LogP contribution in [0, 0.1) is 11.3 Å². The zero-order chi connectivity index (χ0) is 29.1. The molecule has 6 rings (SSSR count). The Morgan fingerprint density at radius 3 is 2.27 bits per heavy atom. The molecule has 2 aromatic heterocycles.